The lowest BCUT2D eigenvalue weighted by Crippen LogP contribution is -1.98. The second kappa shape index (κ2) is 3.74. The molecule has 0 radical (unpaired) electrons. The van der Waals surface area contributed by atoms with Gasteiger partial charge in [0, 0.05) is 36.4 Å². The second-order valence-electron chi connectivity index (χ2n) is 3.63. The first-order valence-electron chi connectivity index (χ1n) is 5.10. The maximum atomic E-state index is 3.39. The third kappa shape index (κ3) is 1.60. The van der Waals surface area contributed by atoms with Crippen LogP contribution in [0, 0.1) is 0 Å². The molecule has 0 aliphatic carbocycles. The molecule has 2 heteroatoms. The van der Waals surface area contributed by atoms with Crippen LogP contribution in [-0.2, 0) is 7.05 Å². The summed E-state index contributed by atoms with van der Waals surface area (Å²) in [5, 5.41) is 4.69. The first kappa shape index (κ1) is 9.13. The van der Waals surface area contributed by atoms with Gasteiger partial charge in [-0.25, -0.2) is 0 Å². The van der Waals surface area contributed by atoms with Crippen molar-refractivity contribution in [2.24, 2.45) is 7.05 Å². The Morgan fingerprint density at radius 3 is 2.93 bits per heavy atom. The van der Waals surface area contributed by atoms with Gasteiger partial charge in [0.15, 0.2) is 0 Å². The van der Waals surface area contributed by atoms with E-state index in [1.54, 1.807) is 0 Å². The summed E-state index contributed by atoms with van der Waals surface area (Å²) in [6.45, 7) is 3.21. The highest BCUT2D eigenvalue weighted by molar-refractivity contribution is 5.83. The van der Waals surface area contributed by atoms with Crippen molar-refractivity contribution in [3.05, 3.63) is 30.5 Å². The van der Waals surface area contributed by atoms with Crippen LogP contribution in [0.5, 0.6) is 0 Å². The predicted molar refractivity (Wildman–Crippen MR) is 61.7 cm³/mol. The highest BCUT2D eigenvalue weighted by Gasteiger charge is 1.98. The zero-order chi connectivity index (χ0) is 9.97. The van der Waals surface area contributed by atoms with Crippen molar-refractivity contribution < 1.29 is 0 Å². The van der Waals surface area contributed by atoms with Gasteiger partial charge in [0.1, 0.15) is 0 Å². The van der Waals surface area contributed by atoms with Gasteiger partial charge in [-0.3, -0.25) is 0 Å². The number of nitrogens with zero attached hydrogens (tertiary/aromatic N) is 1. The van der Waals surface area contributed by atoms with Crippen LogP contribution in [-0.4, -0.2) is 11.1 Å². The molecule has 0 saturated heterocycles. The van der Waals surface area contributed by atoms with Crippen molar-refractivity contribution in [2.45, 2.75) is 13.3 Å². The van der Waals surface area contributed by atoms with Crippen LogP contribution >= 0.6 is 0 Å². The average molecular weight is 188 g/mol. The molecule has 0 spiro atoms. The van der Waals surface area contributed by atoms with Gasteiger partial charge < -0.3 is 9.88 Å². The number of aryl methyl sites for hydroxylation is 1. The first-order chi connectivity index (χ1) is 6.81. The van der Waals surface area contributed by atoms with Gasteiger partial charge in [0.2, 0.25) is 0 Å². The normalized spacial score (nSPS) is 10.7. The van der Waals surface area contributed by atoms with Gasteiger partial charge in [-0.05, 0) is 30.7 Å². The zero-order valence-corrected chi connectivity index (χ0v) is 8.75. The number of rotatable bonds is 3. The number of fused-ring (bicyclic) bond motifs is 1. The molecule has 1 aromatic heterocycles. The molecule has 0 unspecified atom stereocenters. The average Bonchev–Trinajstić information content (AvgIpc) is 2.57. The Hall–Kier alpha value is -1.44. The third-order valence-electron chi connectivity index (χ3n) is 2.46. The minimum absolute atomic E-state index is 1.04. The number of nitrogens with one attached hydrogen (secondary N) is 1. The molecular formula is C12H16N2. The van der Waals surface area contributed by atoms with Crippen LogP contribution in [0.25, 0.3) is 10.9 Å². The van der Waals surface area contributed by atoms with Crippen LogP contribution in [0.15, 0.2) is 30.5 Å². The molecule has 2 aromatic rings. The molecule has 1 heterocycles. The van der Waals surface area contributed by atoms with Crippen LogP contribution in [0.2, 0.25) is 0 Å². The smallest absolute Gasteiger partial charge is 0.0479 e. The molecule has 1 aromatic carbocycles. The number of hydrogen-bond donors (Lipinski definition) is 1. The second-order valence-corrected chi connectivity index (χ2v) is 3.63. The van der Waals surface area contributed by atoms with E-state index in [1.807, 2.05) is 0 Å². The Kier molecular flexibility index (Phi) is 2.44. The lowest BCUT2D eigenvalue weighted by atomic mass is 10.2. The van der Waals surface area contributed by atoms with Gasteiger partial charge in [-0.15, -0.1) is 0 Å². The summed E-state index contributed by atoms with van der Waals surface area (Å²) >= 11 is 0. The summed E-state index contributed by atoms with van der Waals surface area (Å²) in [5.41, 5.74) is 2.50. The van der Waals surface area contributed by atoms with E-state index >= 15 is 0 Å². The van der Waals surface area contributed by atoms with Gasteiger partial charge in [0.25, 0.3) is 0 Å². The van der Waals surface area contributed by atoms with E-state index in [0.717, 1.165) is 13.0 Å². The quantitative estimate of drug-likeness (QED) is 0.783. The molecule has 0 saturated carbocycles. The topological polar surface area (TPSA) is 17.0 Å². The minimum Gasteiger partial charge on any atom is -0.385 e. The third-order valence-corrected chi connectivity index (χ3v) is 2.46. The van der Waals surface area contributed by atoms with Crippen molar-refractivity contribution >= 4 is 16.6 Å². The van der Waals surface area contributed by atoms with E-state index in [-0.39, 0.29) is 0 Å². The van der Waals surface area contributed by atoms with Gasteiger partial charge in [-0.2, -0.15) is 0 Å². The van der Waals surface area contributed by atoms with Crippen molar-refractivity contribution in [3.63, 3.8) is 0 Å². The van der Waals surface area contributed by atoms with Crippen molar-refractivity contribution in [2.75, 3.05) is 11.9 Å². The van der Waals surface area contributed by atoms with Crippen LogP contribution in [0.1, 0.15) is 13.3 Å². The molecule has 2 rings (SSSR count). The molecule has 0 fully saturated rings. The van der Waals surface area contributed by atoms with Crippen LogP contribution in [0.4, 0.5) is 5.69 Å². The number of hydrogen-bond acceptors (Lipinski definition) is 1. The molecule has 0 aliphatic heterocycles. The van der Waals surface area contributed by atoms with Crippen LogP contribution < -0.4 is 5.32 Å². The van der Waals surface area contributed by atoms with E-state index in [1.165, 1.54) is 16.6 Å². The van der Waals surface area contributed by atoms with E-state index in [0.29, 0.717) is 0 Å². The fraction of sp³-hybridized carbons (Fsp3) is 0.333. The summed E-state index contributed by atoms with van der Waals surface area (Å²) in [5.74, 6) is 0. The molecule has 0 amide bonds. The van der Waals surface area contributed by atoms with Crippen molar-refractivity contribution in [1.29, 1.82) is 0 Å². The lowest BCUT2D eigenvalue weighted by Gasteiger charge is -2.04. The fourth-order valence-electron chi connectivity index (χ4n) is 1.66. The number of benzene rings is 1. The summed E-state index contributed by atoms with van der Waals surface area (Å²) in [7, 11) is 2.07. The Balaban J connectivity index is 2.32. The monoisotopic (exact) mass is 188 g/mol. The summed E-state index contributed by atoms with van der Waals surface area (Å²) in [6.07, 6.45) is 3.25. The fourth-order valence-corrected chi connectivity index (χ4v) is 1.66. The standard InChI is InChI=1S/C12H16N2/c1-3-7-13-11-4-5-12-10(9-11)6-8-14(12)2/h4-6,8-9,13H,3,7H2,1-2H3. The molecule has 0 atom stereocenters. The molecule has 1 N–H and O–H groups in total. The molecule has 74 valence electrons. The lowest BCUT2D eigenvalue weighted by molar-refractivity contribution is 0.968. The minimum atomic E-state index is 1.04. The molecule has 0 aliphatic rings. The zero-order valence-electron chi connectivity index (χ0n) is 8.75. The molecular weight excluding hydrogens is 172 g/mol. The molecule has 0 bridgehead atoms. The predicted octanol–water partition coefficient (Wildman–Crippen LogP) is 3.00. The Morgan fingerprint density at radius 1 is 1.29 bits per heavy atom. The Morgan fingerprint density at radius 2 is 2.14 bits per heavy atom. The number of aromatic nitrogens is 1. The van der Waals surface area contributed by atoms with E-state index < -0.39 is 0 Å². The summed E-state index contributed by atoms with van der Waals surface area (Å²) < 4.78 is 2.14. The van der Waals surface area contributed by atoms with Gasteiger partial charge in [0.05, 0.1) is 0 Å². The van der Waals surface area contributed by atoms with Gasteiger partial charge >= 0.3 is 0 Å². The Bertz CT molecular complexity index is 429. The maximum absolute atomic E-state index is 3.39. The highest BCUT2D eigenvalue weighted by atomic mass is 14.9. The SMILES string of the molecule is CCCNc1ccc2c(ccn2C)c1. The first-order valence-corrected chi connectivity index (χ1v) is 5.10. The van der Waals surface area contributed by atoms with Crippen LogP contribution in [0.3, 0.4) is 0 Å². The Labute approximate surface area is 84.5 Å². The number of anilines is 1. The van der Waals surface area contributed by atoms with E-state index in [2.05, 4.69) is 54.3 Å². The molecule has 2 nitrogen and oxygen atoms in total. The van der Waals surface area contributed by atoms with E-state index in [4.69, 9.17) is 0 Å². The highest BCUT2D eigenvalue weighted by Crippen LogP contribution is 2.19. The largest absolute Gasteiger partial charge is 0.385 e. The van der Waals surface area contributed by atoms with Crippen molar-refractivity contribution in [3.8, 4) is 0 Å². The molecule has 14 heavy (non-hydrogen) atoms. The summed E-state index contributed by atoms with van der Waals surface area (Å²) in [4.78, 5) is 0. The van der Waals surface area contributed by atoms with E-state index in [9.17, 15) is 0 Å². The van der Waals surface area contributed by atoms with Crippen molar-refractivity contribution in [1.82, 2.24) is 4.57 Å². The van der Waals surface area contributed by atoms with Gasteiger partial charge in [-0.1, -0.05) is 6.92 Å². The maximum Gasteiger partial charge on any atom is 0.0479 e. The summed E-state index contributed by atoms with van der Waals surface area (Å²) in [6, 6.07) is 8.64.